The normalized spacial score (nSPS) is 11.8. The molecule has 1 aromatic carbocycles. The van der Waals surface area contributed by atoms with Gasteiger partial charge in [-0.15, -0.1) is 0 Å². The van der Waals surface area contributed by atoms with Crippen molar-refractivity contribution in [1.82, 2.24) is 9.97 Å². The minimum absolute atomic E-state index is 0.205. The average molecular weight is 268 g/mol. The number of fused-ring (bicyclic) bond motifs is 1. The highest BCUT2D eigenvalue weighted by Crippen LogP contribution is 2.26. The first-order valence-corrected chi connectivity index (χ1v) is 6.52. The van der Waals surface area contributed by atoms with Crippen molar-refractivity contribution < 1.29 is 9.15 Å². The first kappa shape index (κ1) is 12.7. The molecule has 2 aromatic heterocycles. The van der Waals surface area contributed by atoms with Gasteiger partial charge in [0.15, 0.2) is 11.2 Å². The summed E-state index contributed by atoms with van der Waals surface area (Å²) < 4.78 is 11.5. The Labute approximate surface area is 117 Å². The van der Waals surface area contributed by atoms with Crippen molar-refractivity contribution in [3.8, 4) is 17.2 Å². The highest BCUT2D eigenvalue weighted by molar-refractivity contribution is 5.71. The van der Waals surface area contributed by atoms with Crippen LogP contribution in [0.5, 0.6) is 5.75 Å². The molecule has 0 unspecified atom stereocenters. The third kappa shape index (κ3) is 2.64. The van der Waals surface area contributed by atoms with E-state index >= 15 is 0 Å². The standard InChI is InChI=1S/C16H16N2O2/c1-16(2,3)20-12-8-6-11(7-9-12)15-18-14-13(19-15)5-4-10-17-14/h4-10H,1-3H3. The third-order valence-corrected chi connectivity index (χ3v) is 2.69. The smallest absolute Gasteiger partial charge is 0.228 e. The third-order valence-electron chi connectivity index (χ3n) is 2.69. The number of aromatic nitrogens is 2. The second-order valence-electron chi connectivity index (χ2n) is 5.58. The van der Waals surface area contributed by atoms with Gasteiger partial charge in [-0.1, -0.05) is 0 Å². The molecule has 0 radical (unpaired) electrons. The van der Waals surface area contributed by atoms with Crippen LogP contribution in [0.1, 0.15) is 20.8 Å². The van der Waals surface area contributed by atoms with Crippen molar-refractivity contribution in [3.63, 3.8) is 0 Å². The van der Waals surface area contributed by atoms with Gasteiger partial charge in [0, 0.05) is 11.8 Å². The summed E-state index contributed by atoms with van der Waals surface area (Å²) in [6, 6.07) is 11.4. The van der Waals surface area contributed by atoms with Gasteiger partial charge in [-0.2, -0.15) is 4.98 Å². The molecule has 0 aliphatic rings. The zero-order valence-corrected chi connectivity index (χ0v) is 11.8. The molecule has 0 fully saturated rings. The molecule has 0 N–H and O–H groups in total. The molecule has 0 atom stereocenters. The predicted molar refractivity (Wildman–Crippen MR) is 77.6 cm³/mol. The maximum absolute atomic E-state index is 5.79. The van der Waals surface area contributed by atoms with Crippen LogP contribution < -0.4 is 4.74 Å². The fourth-order valence-electron chi connectivity index (χ4n) is 1.91. The average Bonchev–Trinajstić information content (AvgIpc) is 2.81. The van der Waals surface area contributed by atoms with Crippen LogP contribution in [-0.2, 0) is 0 Å². The maximum atomic E-state index is 5.79. The van der Waals surface area contributed by atoms with E-state index in [1.165, 1.54) is 0 Å². The van der Waals surface area contributed by atoms with Gasteiger partial charge in [0.1, 0.15) is 11.4 Å². The van der Waals surface area contributed by atoms with E-state index in [1.807, 2.05) is 57.2 Å². The Balaban J connectivity index is 1.90. The lowest BCUT2D eigenvalue weighted by Crippen LogP contribution is -2.22. The molecule has 20 heavy (non-hydrogen) atoms. The fourth-order valence-corrected chi connectivity index (χ4v) is 1.91. The van der Waals surface area contributed by atoms with E-state index in [2.05, 4.69) is 9.97 Å². The second kappa shape index (κ2) is 4.63. The Morgan fingerprint density at radius 3 is 2.45 bits per heavy atom. The van der Waals surface area contributed by atoms with Crippen molar-refractivity contribution in [1.29, 1.82) is 0 Å². The molecular formula is C16H16N2O2. The summed E-state index contributed by atoms with van der Waals surface area (Å²) in [5.41, 5.74) is 2.02. The van der Waals surface area contributed by atoms with Crippen LogP contribution in [0, 0.1) is 0 Å². The van der Waals surface area contributed by atoms with Crippen molar-refractivity contribution in [3.05, 3.63) is 42.6 Å². The highest BCUT2D eigenvalue weighted by Gasteiger charge is 2.13. The summed E-state index contributed by atoms with van der Waals surface area (Å²) in [6.07, 6.45) is 1.70. The fraction of sp³-hybridized carbons (Fsp3) is 0.250. The molecule has 3 rings (SSSR count). The quantitative estimate of drug-likeness (QED) is 0.703. The number of hydrogen-bond donors (Lipinski definition) is 0. The Morgan fingerprint density at radius 1 is 1.05 bits per heavy atom. The van der Waals surface area contributed by atoms with Crippen molar-refractivity contribution in [2.45, 2.75) is 26.4 Å². The molecule has 0 aliphatic carbocycles. The Kier molecular flexibility index (Phi) is 2.93. The lowest BCUT2D eigenvalue weighted by atomic mass is 10.1. The van der Waals surface area contributed by atoms with Crippen LogP contribution >= 0.6 is 0 Å². The van der Waals surface area contributed by atoms with Crippen molar-refractivity contribution in [2.24, 2.45) is 0 Å². The van der Waals surface area contributed by atoms with Crippen LogP contribution in [0.15, 0.2) is 47.0 Å². The van der Waals surface area contributed by atoms with E-state index < -0.39 is 0 Å². The van der Waals surface area contributed by atoms with E-state index in [9.17, 15) is 0 Å². The second-order valence-corrected chi connectivity index (χ2v) is 5.58. The molecule has 0 spiro atoms. The van der Waals surface area contributed by atoms with E-state index in [0.29, 0.717) is 17.1 Å². The molecule has 4 heteroatoms. The maximum Gasteiger partial charge on any atom is 0.228 e. The van der Waals surface area contributed by atoms with Crippen LogP contribution in [0.4, 0.5) is 0 Å². The lowest BCUT2D eigenvalue weighted by molar-refractivity contribution is 0.131. The SMILES string of the molecule is CC(C)(C)Oc1ccc(-c2nc3ncccc3o2)cc1. The molecule has 3 aromatic rings. The monoisotopic (exact) mass is 268 g/mol. The van der Waals surface area contributed by atoms with Gasteiger partial charge in [0.25, 0.3) is 0 Å². The van der Waals surface area contributed by atoms with E-state index in [-0.39, 0.29) is 5.60 Å². The summed E-state index contributed by atoms with van der Waals surface area (Å²) in [4.78, 5) is 8.53. The van der Waals surface area contributed by atoms with Gasteiger partial charge < -0.3 is 9.15 Å². The summed E-state index contributed by atoms with van der Waals surface area (Å²) in [7, 11) is 0. The van der Waals surface area contributed by atoms with Crippen LogP contribution in [0.3, 0.4) is 0 Å². The van der Waals surface area contributed by atoms with Crippen LogP contribution in [0.25, 0.3) is 22.7 Å². The molecule has 0 amide bonds. The molecule has 0 aliphatic heterocycles. The van der Waals surface area contributed by atoms with Gasteiger partial charge in [0.05, 0.1) is 0 Å². The molecule has 0 saturated heterocycles. The van der Waals surface area contributed by atoms with Gasteiger partial charge in [0.2, 0.25) is 5.89 Å². The number of hydrogen-bond acceptors (Lipinski definition) is 4. The van der Waals surface area contributed by atoms with Gasteiger partial charge >= 0.3 is 0 Å². The van der Waals surface area contributed by atoms with Gasteiger partial charge in [-0.25, -0.2) is 4.98 Å². The zero-order chi connectivity index (χ0) is 14.2. The molecule has 0 saturated carbocycles. The number of rotatable bonds is 2. The number of ether oxygens (including phenoxy) is 1. The molecular weight excluding hydrogens is 252 g/mol. The summed E-state index contributed by atoms with van der Waals surface area (Å²) in [5.74, 6) is 1.40. The molecule has 4 nitrogen and oxygen atoms in total. The Bertz CT molecular complexity index is 691. The molecule has 102 valence electrons. The highest BCUT2D eigenvalue weighted by atomic mass is 16.5. The van der Waals surface area contributed by atoms with Crippen LogP contribution in [0.2, 0.25) is 0 Å². The first-order valence-electron chi connectivity index (χ1n) is 6.52. The Hall–Kier alpha value is -2.36. The van der Waals surface area contributed by atoms with E-state index in [0.717, 1.165) is 11.3 Å². The Morgan fingerprint density at radius 2 is 1.80 bits per heavy atom. The topological polar surface area (TPSA) is 48.2 Å². The number of nitrogens with zero attached hydrogens (tertiary/aromatic N) is 2. The summed E-state index contributed by atoms with van der Waals surface area (Å²) in [5, 5.41) is 0. The van der Waals surface area contributed by atoms with E-state index in [1.54, 1.807) is 6.20 Å². The number of benzene rings is 1. The summed E-state index contributed by atoms with van der Waals surface area (Å²) in [6.45, 7) is 6.06. The summed E-state index contributed by atoms with van der Waals surface area (Å²) >= 11 is 0. The minimum Gasteiger partial charge on any atom is -0.488 e. The number of oxazole rings is 1. The first-order chi connectivity index (χ1) is 9.51. The predicted octanol–water partition coefficient (Wildman–Crippen LogP) is 4.07. The molecule has 0 bridgehead atoms. The number of pyridine rings is 1. The largest absolute Gasteiger partial charge is 0.488 e. The van der Waals surface area contributed by atoms with Gasteiger partial charge in [-0.3, -0.25) is 0 Å². The van der Waals surface area contributed by atoms with Crippen LogP contribution in [-0.4, -0.2) is 15.6 Å². The molecule has 2 heterocycles. The zero-order valence-electron chi connectivity index (χ0n) is 11.8. The minimum atomic E-state index is -0.205. The lowest BCUT2D eigenvalue weighted by Gasteiger charge is -2.21. The van der Waals surface area contributed by atoms with Crippen molar-refractivity contribution >= 4 is 11.2 Å². The van der Waals surface area contributed by atoms with Crippen molar-refractivity contribution in [2.75, 3.05) is 0 Å². The van der Waals surface area contributed by atoms with Gasteiger partial charge in [-0.05, 0) is 57.2 Å². The van der Waals surface area contributed by atoms with E-state index in [4.69, 9.17) is 9.15 Å².